The molecule has 1 heterocycles. The number of aromatic nitrogens is 2. The normalized spacial score (nSPS) is 13.5. The molecule has 0 radical (unpaired) electrons. The largest absolute Gasteiger partial charge is 0.299 e. The molecule has 28 heavy (non-hydrogen) atoms. The summed E-state index contributed by atoms with van der Waals surface area (Å²) in [7, 11) is -4.04. The summed E-state index contributed by atoms with van der Waals surface area (Å²) in [5, 5.41) is 0.880. The maximum Gasteiger partial charge on any atom is 0.261 e. The molecule has 0 aliphatic heterocycles. The second-order valence-electron chi connectivity index (χ2n) is 6.89. The number of hydrogen-bond donors (Lipinski definition) is 1. The first-order valence-electron chi connectivity index (χ1n) is 8.43. The van der Waals surface area contributed by atoms with E-state index >= 15 is 0 Å². The number of rotatable bonds is 4. The van der Waals surface area contributed by atoms with E-state index in [0.717, 1.165) is 14.5 Å². The second-order valence-corrected chi connectivity index (χ2v) is 13.0. The van der Waals surface area contributed by atoms with Crippen LogP contribution in [0.4, 0.5) is 0 Å². The fourth-order valence-corrected chi connectivity index (χ4v) is 5.90. The van der Waals surface area contributed by atoms with E-state index in [-0.39, 0.29) is 17.9 Å². The summed E-state index contributed by atoms with van der Waals surface area (Å²) in [5.41, 5.74) is 1.80. The van der Waals surface area contributed by atoms with Crippen LogP contribution in [0, 0.1) is 6.92 Å². The maximum atomic E-state index is 13.1. The van der Waals surface area contributed by atoms with Gasteiger partial charge in [-0.1, -0.05) is 27.5 Å². The van der Waals surface area contributed by atoms with Crippen LogP contribution in [0.15, 0.2) is 49.2 Å². The number of fused-ring (bicyclic) bond motifs is 1. The van der Waals surface area contributed by atoms with Crippen molar-refractivity contribution in [3.63, 3.8) is 0 Å². The van der Waals surface area contributed by atoms with Crippen molar-refractivity contribution in [2.24, 2.45) is 0 Å². The fraction of sp³-hybridized carbons (Fsp3) is 0.263. The van der Waals surface area contributed by atoms with E-state index in [1.165, 1.54) is 17.2 Å². The van der Waals surface area contributed by atoms with Crippen LogP contribution in [0.3, 0.4) is 0 Å². The molecule has 0 spiro atoms. The Balaban J connectivity index is 2.21. The quantitative estimate of drug-likeness (QED) is 0.483. The Labute approximate surface area is 184 Å². The van der Waals surface area contributed by atoms with Crippen LogP contribution in [0.2, 0.25) is 5.02 Å². The Morgan fingerprint density at radius 1 is 1.29 bits per heavy atom. The van der Waals surface area contributed by atoms with Crippen molar-refractivity contribution >= 4 is 63.7 Å². The van der Waals surface area contributed by atoms with E-state index in [1.54, 1.807) is 31.2 Å². The van der Waals surface area contributed by atoms with Crippen LogP contribution in [-0.4, -0.2) is 30.3 Å². The van der Waals surface area contributed by atoms with Crippen molar-refractivity contribution in [1.82, 2.24) is 9.55 Å². The number of benzene rings is 2. The minimum absolute atomic E-state index is 0.0653. The lowest BCUT2D eigenvalue weighted by Crippen LogP contribution is -2.35. The van der Waals surface area contributed by atoms with Crippen molar-refractivity contribution in [3.05, 3.63) is 66.0 Å². The lowest BCUT2D eigenvalue weighted by atomic mass is 10.1. The average Bonchev–Trinajstić information content (AvgIpc) is 2.62. The molecule has 0 saturated carbocycles. The minimum Gasteiger partial charge on any atom is -0.299 e. The first-order valence-corrected chi connectivity index (χ1v) is 12.9. The van der Waals surface area contributed by atoms with Crippen LogP contribution >= 0.6 is 43.5 Å². The van der Waals surface area contributed by atoms with E-state index in [9.17, 15) is 13.6 Å². The van der Waals surface area contributed by atoms with Gasteiger partial charge < -0.3 is 0 Å². The summed E-state index contributed by atoms with van der Waals surface area (Å²) >= 11 is 13.1. The van der Waals surface area contributed by atoms with E-state index in [1.807, 2.05) is 6.92 Å². The van der Waals surface area contributed by atoms with E-state index in [2.05, 4.69) is 36.8 Å². The van der Waals surface area contributed by atoms with Gasteiger partial charge in [-0.3, -0.25) is 13.9 Å². The SMILES string of the molecule is CCS(C)(=O)(O)c1ccc(Cl)cc1Cn1cnc2c(Br)c(C)c(Br)cc2c1=O. The van der Waals surface area contributed by atoms with Gasteiger partial charge in [-0.05, 0) is 65.2 Å². The van der Waals surface area contributed by atoms with Gasteiger partial charge >= 0.3 is 0 Å². The molecule has 0 unspecified atom stereocenters. The zero-order valence-corrected chi connectivity index (χ0v) is 20.2. The zero-order chi connectivity index (χ0) is 20.9. The molecule has 3 rings (SSSR count). The van der Waals surface area contributed by atoms with E-state index in [0.29, 0.717) is 26.4 Å². The first-order chi connectivity index (χ1) is 12.9. The molecule has 0 atom stereocenters. The smallest absolute Gasteiger partial charge is 0.261 e. The van der Waals surface area contributed by atoms with Crippen LogP contribution < -0.4 is 5.56 Å². The summed E-state index contributed by atoms with van der Waals surface area (Å²) in [4.78, 5) is 17.8. The second kappa shape index (κ2) is 7.32. The molecule has 0 amide bonds. The highest BCUT2D eigenvalue weighted by Gasteiger charge is 2.26. The highest BCUT2D eigenvalue weighted by Crippen LogP contribution is 2.34. The molecule has 0 saturated heterocycles. The Kier molecular flexibility index (Phi) is 5.66. The molecule has 1 aromatic heterocycles. The summed E-state index contributed by atoms with van der Waals surface area (Å²) in [6, 6.07) is 6.51. The molecule has 0 bridgehead atoms. The standard InChI is InChI=1S/C19H19Br2ClN2O3S/c1-4-28(3,26,27)16-6-5-13(22)7-12(16)9-24-10-23-18-14(19(24)25)8-15(20)11(2)17(18)21/h5-8,10H,4,9H2,1-3H3,(H,26,27). The monoisotopic (exact) mass is 548 g/mol. The van der Waals surface area contributed by atoms with Crippen molar-refractivity contribution in [3.8, 4) is 0 Å². The number of nitrogens with zero attached hydrogens (tertiary/aromatic N) is 2. The predicted molar refractivity (Wildman–Crippen MR) is 122 cm³/mol. The Hall–Kier alpha value is -1.06. The van der Waals surface area contributed by atoms with Crippen molar-refractivity contribution < 1.29 is 8.76 Å². The summed E-state index contributed by atoms with van der Waals surface area (Å²) in [5.74, 6) is 0.0653. The Morgan fingerprint density at radius 3 is 2.61 bits per heavy atom. The third kappa shape index (κ3) is 3.85. The lowest BCUT2D eigenvalue weighted by Gasteiger charge is -2.39. The van der Waals surface area contributed by atoms with Crippen LogP contribution in [0.25, 0.3) is 10.9 Å². The summed E-state index contributed by atoms with van der Waals surface area (Å²) < 4.78 is 26.8. The van der Waals surface area contributed by atoms with Gasteiger partial charge in [0.1, 0.15) is 0 Å². The Bertz CT molecular complexity index is 1230. The van der Waals surface area contributed by atoms with Crippen LogP contribution in [-0.2, 0) is 15.9 Å². The van der Waals surface area contributed by atoms with Crippen molar-refractivity contribution in [2.45, 2.75) is 25.3 Å². The summed E-state index contributed by atoms with van der Waals surface area (Å²) in [6.45, 7) is 3.67. The van der Waals surface area contributed by atoms with Crippen molar-refractivity contribution in [1.29, 1.82) is 0 Å². The lowest BCUT2D eigenvalue weighted by molar-refractivity contribution is 0.518. The highest BCUT2D eigenvalue weighted by atomic mass is 79.9. The molecule has 0 aliphatic rings. The number of halogens is 3. The maximum absolute atomic E-state index is 13.1. The van der Waals surface area contributed by atoms with Crippen LogP contribution in [0.5, 0.6) is 0 Å². The molecular formula is C19H19Br2ClN2O3S. The minimum atomic E-state index is -4.04. The van der Waals surface area contributed by atoms with E-state index in [4.69, 9.17) is 11.6 Å². The zero-order valence-electron chi connectivity index (χ0n) is 15.5. The molecule has 0 aliphatic carbocycles. The molecular weight excluding hydrogens is 532 g/mol. The van der Waals surface area contributed by atoms with Gasteiger partial charge in [0.15, 0.2) is 0 Å². The van der Waals surface area contributed by atoms with Gasteiger partial charge in [0.25, 0.3) is 5.56 Å². The Morgan fingerprint density at radius 2 is 1.96 bits per heavy atom. The molecule has 1 N–H and O–H groups in total. The van der Waals surface area contributed by atoms with Gasteiger partial charge in [-0.15, -0.1) is 0 Å². The fourth-order valence-electron chi connectivity index (χ4n) is 2.96. The molecule has 2 aromatic carbocycles. The van der Waals surface area contributed by atoms with Crippen LogP contribution in [0.1, 0.15) is 18.1 Å². The van der Waals surface area contributed by atoms with Gasteiger partial charge in [-0.25, -0.2) is 9.19 Å². The topological polar surface area (TPSA) is 72.2 Å². The summed E-state index contributed by atoms with van der Waals surface area (Å²) in [6.07, 6.45) is 2.78. The molecule has 3 aromatic rings. The third-order valence-corrected chi connectivity index (χ3v) is 9.76. The third-order valence-electron chi connectivity index (χ3n) is 4.85. The van der Waals surface area contributed by atoms with Gasteiger partial charge in [-0.2, -0.15) is 9.35 Å². The molecule has 150 valence electrons. The molecule has 5 nitrogen and oxygen atoms in total. The molecule has 9 heteroatoms. The number of hydrogen-bond acceptors (Lipinski definition) is 3. The predicted octanol–water partition coefficient (Wildman–Crippen LogP) is 5.23. The van der Waals surface area contributed by atoms with Crippen molar-refractivity contribution in [2.75, 3.05) is 12.0 Å². The van der Waals surface area contributed by atoms with Gasteiger partial charge in [0.2, 0.25) is 0 Å². The van der Waals surface area contributed by atoms with Gasteiger partial charge in [0, 0.05) is 26.0 Å². The molecule has 0 fully saturated rings. The first kappa shape index (κ1) is 21.6. The van der Waals surface area contributed by atoms with Gasteiger partial charge in [0.05, 0.1) is 28.7 Å². The highest BCUT2D eigenvalue weighted by molar-refractivity contribution is 9.11. The van der Waals surface area contributed by atoms with E-state index < -0.39 is 9.35 Å². The average molecular weight is 551 g/mol.